The first-order chi connectivity index (χ1) is 8.86. The standard InChI is InChI=1S/C11H18N2O6/c1-6(14)8(9(15)16)12-11(18)13-4-3-7(5-13)10(17)19-2/h6-8,14H,3-5H2,1-2H3,(H,12,18)(H,15,16). The summed E-state index contributed by atoms with van der Waals surface area (Å²) in [6, 6.07) is -1.98. The van der Waals surface area contributed by atoms with E-state index in [-0.39, 0.29) is 18.4 Å². The fourth-order valence-corrected chi connectivity index (χ4v) is 1.92. The molecule has 8 nitrogen and oxygen atoms in total. The lowest BCUT2D eigenvalue weighted by atomic mass is 10.1. The van der Waals surface area contributed by atoms with Gasteiger partial charge >= 0.3 is 18.0 Å². The van der Waals surface area contributed by atoms with Crippen LogP contribution in [0, 0.1) is 5.92 Å². The molecule has 0 radical (unpaired) electrons. The first-order valence-electron chi connectivity index (χ1n) is 5.91. The fraction of sp³-hybridized carbons (Fsp3) is 0.727. The molecule has 19 heavy (non-hydrogen) atoms. The van der Waals surface area contributed by atoms with E-state index in [1.54, 1.807) is 0 Å². The van der Waals surface area contributed by atoms with Gasteiger partial charge in [-0.25, -0.2) is 9.59 Å². The molecule has 0 aliphatic carbocycles. The first kappa shape index (κ1) is 15.2. The maximum absolute atomic E-state index is 11.8. The number of ether oxygens (including phenoxy) is 1. The second-order valence-electron chi connectivity index (χ2n) is 4.46. The van der Waals surface area contributed by atoms with Crippen LogP contribution in [0.4, 0.5) is 4.79 Å². The lowest BCUT2D eigenvalue weighted by Crippen LogP contribution is -2.52. The Morgan fingerprint density at radius 3 is 2.53 bits per heavy atom. The van der Waals surface area contributed by atoms with Gasteiger partial charge in [0.05, 0.1) is 19.1 Å². The Morgan fingerprint density at radius 2 is 2.05 bits per heavy atom. The van der Waals surface area contributed by atoms with Gasteiger partial charge in [-0.2, -0.15) is 0 Å². The maximum Gasteiger partial charge on any atom is 0.328 e. The van der Waals surface area contributed by atoms with Crippen molar-refractivity contribution < 1.29 is 29.3 Å². The third kappa shape index (κ3) is 3.82. The maximum atomic E-state index is 11.8. The highest BCUT2D eigenvalue weighted by atomic mass is 16.5. The summed E-state index contributed by atoms with van der Waals surface area (Å²) in [6.07, 6.45) is -0.729. The highest BCUT2D eigenvalue weighted by Gasteiger charge is 2.34. The zero-order valence-corrected chi connectivity index (χ0v) is 10.8. The summed E-state index contributed by atoms with van der Waals surface area (Å²) >= 11 is 0. The molecule has 1 rings (SSSR count). The van der Waals surface area contributed by atoms with Gasteiger partial charge in [0.15, 0.2) is 6.04 Å². The number of amides is 2. The zero-order chi connectivity index (χ0) is 14.6. The summed E-state index contributed by atoms with van der Waals surface area (Å²) in [7, 11) is 1.28. The largest absolute Gasteiger partial charge is 0.480 e. The summed E-state index contributed by atoms with van der Waals surface area (Å²) in [6.45, 7) is 1.81. The normalized spacial score (nSPS) is 21.6. The van der Waals surface area contributed by atoms with E-state index < -0.39 is 24.1 Å². The molecule has 0 aromatic heterocycles. The van der Waals surface area contributed by atoms with Gasteiger partial charge in [0.25, 0.3) is 0 Å². The molecule has 3 unspecified atom stereocenters. The van der Waals surface area contributed by atoms with Crippen molar-refractivity contribution >= 4 is 18.0 Å². The molecule has 1 saturated heterocycles. The van der Waals surface area contributed by atoms with Gasteiger partial charge in [-0.05, 0) is 13.3 Å². The number of carboxylic acid groups (broad SMARTS) is 1. The van der Waals surface area contributed by atoms with Crippen molar-refractivity contribution in [2.24, 2.45) is 5.92 Å². The predicted octanol–water partition coefficient (Wildman–Crippen LogP) is -0.975. The summed E-state index contributed by atoms with van der Waals surface area (Å²) in [5.41, 5.74) is 0. The van der Waals surface area contributed by atoms with Crippen molar-refractivity contribution in [3.8, 4) is 0 Å². The summed E-state index contributed by atoms with van der Waals surface area (Å²) in [4.78, 5) is 35.3. The smallest absolute Gasteiger partial charge is 0.328 e. The van der Waals surface area contributed by atoms with Gasteiger partial charge in [0.1, 0.15) is 0 Å². The average Bonchev–Trinajstić information content (AvgIpc) is 2.83. The van der Waals surface area contributed by atoms with Crippen LogP contribution >= 0.6 is 0 Å². The number of nitrogens with one attached hydrogen (secondary N) is 1. The van der Waals surface area contributed by atoms with Gasteiger partial charge in [0, 0.05) is 13.1 Å². The molecular weight excluding hydrogens is 256 g/mol. The van der Waals surface area contributed by atoms with Crippen LogP contribution in [0.5, 0.6) is 0 Å². The number of aliphatic carboxylic acids is 1. The Hall–Kier alpha value is -1.83. The van der Waals surface area contributed by atoms with Crippen LogP contribution in [0.3, 0.4) is 0 Å². The van der Waals surface area contributed by atoms with E-state index in [0.717, 1.165) is 0 Å². The number of aliphatic hydroxyl groups is 1. The molecule has 108 valence electrons. The molecule has 1 fully saturated rings. The van der Waals surface area contributed by atoms with Crippen molar-refractivity contribution in [1.82, 2.24) is 10.2 Å². The molecule has 0 spiro atoms. The number of esters is 1. The van der Waals surface area contributed by atoms with Crippen molar-refractivity contribution in [1.29, 1.82) is 0 Å². The Morgan fingerprint density at radius 1 is 1.42 bits per heavy atom. The Labute approximate surface area is 110 Å². The number of hydrogen-bond donors (Lipinski definition) is 3. The quantitative estimate of drug-likeness (QED) is 0.568. The highest BCUT2D eigenvalue weighted by Crippen LogP contribution is 2.17. The molecule has 0 aromatic rings. The van der Waals surface area contributed by atoms with E-state index in [1.165, 1.54) is 18.9 Å². The second-order valence-corrected chi connectivity index (χ2v) is 4.46. The summed E-state index contributed by atoms with van der Waals surface area (Å²) < 4.78 is 4.59. The molecule has 3 N–H and O–H groups in total. The number of aliphatic hydroxyl groups excluding tert-OH is 1. The highest BCUT2D eigenvalue weighted by molar-refractivity contribution is 5.84. The fourth-order valence-electron chi connectivity index (χ4n) is 1.92. The molecule has 1 aliphatic heterocycles. The van der Waals surface area contributed by atoms with E-state index in [0.29, 0.717) is 13.0 Å². The minimum Gasteiger partial charge on any atom is -0.480 e. The van der Waals surface area contributed by atoms with E-state index in [2.05, 4.69) is 10.1 Å². The molecule has 1 heterocycles. The van der Waals surface area contributed by atoms with Crippen LogP contribution in [0.2, 0.25) is 0 Å². The van der Waals surface area contributed by atoms with Gasteiger partial charge in [-0.3, -0.25) is 4.79 Å². The second kappa shape index (κ2) is 6.37. The molecule has 0 bridgehead atoms. The van der Waals surface area contributed by atoms with Gasteiger partial charge in [-0.1, -0.05) is 0 Å². The van der Waals surface area contributed by atoms with Crippen LogP contribution in [-0.4, -0.2) is 65.4 Å². The van der Waals surface area contributed by atoms with Crippen LogP contribution in [0.15, 0.2) is 0 Å². The third-order valence-electron chi connectivity index (χ3n) is 3.04. The average molecular weight is 274 g/mol. The van der Waals surface area contributed by atoms with E-state index in [4.69, 9.17) is 5.11 Å². The predicted molar refractivity (Wildman–Crippen MR) is 63.3 cm³/mol. The summed E-state index contributed by atoms with van der Waals surface area (Å²) in [5, 5.41) is 20.3. The number of nitrogens with zero attached hydrogens (tertiary/aromatic N) is 1. The molecule has 2 amide bonds. The minimum absolute atomic E-state index is 0.185. The number of carbonyl (C=O) groups is 3. The van der Waals surface area contributed by atoms with E-state index in [1.807, 2.05) is 0 Å². The van der Waals surface area contributed by atoms with Crippen LogP contribution < -0.4 is 5.32 Å². The van der Waals surface area contributed by atoms with E-state index in [9.17, 15) is 19.5 Å². The number of carbonyl (C=O) groups excluding carboxylic acids is 2. The number of carboxylic acids is 1. The van der Waals surface area contributed by atoms with Crippen molar-refractivity contribution in [2.45, 2.75) is 25.5 Å². The van der Waals surface area contributed by atoms with Gasteiger partial charge < -0.3 is 25.2 Å². The molecule has 0 saturated carbocycles. The lowest BCUT2D eigenvalue weighted by Gasteiger charge is -2.22. The first-order valence-corrected chi connectivity index (χ1v) is 5.91. The van der Waals surface area contributed by atoms with Crippen molar-refractivity contribution in [3.63, 3.8) is 0 Å². The number of urea groups is 1. The van der Waals surface area contributed by atoms with Crippen LogP contribution in [0.1, 0.15) is 13.3 Å². The summed E-state index contributed by atoms with van der Waals surface area (Å²) in [5.74, 6) is -2.08. The third-order valence-corrected chi connectivity index (χ3v) is 3.04. The van der Waals surface area contributed by atoms with Crippen LogP contribution in [-0.2, 0) is 14.3 Å². The topological polar surface area (TPSA) is 116 Å². The molecule has 8 heteroatoms. The van der Waals surface area contributed by atoms with Crippen molar-refractivity contribution in [3.05, 3.63) is 0 Å². The number of rotatable bonds is 4. The molecular formula is C11H18N2O6. The SMILES string of the molecule is COC(=O)C1CCN(C(=O)NC(C(=O)O)C(C)O)C1. The molecule has 1 aliphatic rings. The Balaban J connectivity index is 2.56. The van der Waals surface area contributed by atoms with E-state index >= 15 is 0 Å². The Bertz CT molecular complexity index is 370. The number of hydrogen-bond acceptors (Lipinski definition) is 5. The monoisotopic (exact) mass is 274 g/mol. The van der Waals surface area contributed by atoms with Gasteiger partial charge in [0.2, 0.25) is 0 Å². The minimum atomic E-state index is -1.37. The lowest BCUT2D eigenvalue weighted by molar-refractivity contribution is -0.145. The van der Waals surface area contributed by atoms with Gasteiger partial charge in [-0.15, -0.1) is 0 Å². The molecule has 0 aromatic carbocycles. The number of methoxy groups -OCH3 is 1. The Kier molecular flexibility index (Phi) is 5.11. The molecule has 3 atom stereocenters. The van der Waals surface area contributed by atoms with Crippen LogP contribution in [0.25, 0.3) is 0 Å². The zero-order valence-electron chi connectivity index (χ0n) is 10.8. The van der Waals surface area contributed by atoms with Crippen molar-refractivity contribution in [2.75, 3.05) is 20.2 Å². The number of likely N-dealkylation sites (tertiary alicyclic amines) is 1.